The largest absolute Gasteiger partial charge is 0.0862 e. The van der Waals surface area contributed by atoms with Crippen LogP contribution in [0.1, 0.15) is 39.5 Å². The third kappa shape index (κ3) is 1.74. The normalized spacial score (nSPS) is 24.1. The Balaban J connectivity index is 2.05. The van der Waals surface area contributed by atoms with Gasteiger partial charge in [-0.1, -0.05) is 67.2 Å². The molecule has 1 aliphatic carbocycles. The van der Waals surface area contributed by atoms with Gasteiger partial charge in [0.15, 0.2) is 0 Å². The number of hydrogen-bond acceptors (Lipinski definition) is 0. The number of unbranched alkanes of at least 4 members (excludes halogenated alkanes) is 1. The van der Waals surface area contributed by atoms with E-state index in [1.807, 2.05) is 5.20 Å². The van der Waals surface area contributed by atoms with E-state index >= 15 is 0 Å². The van der Waals surface area contributed by atoms with Gasteiger partial charge in [0.2, 0.25) is 0 Å². The molecule has 1 aliphatic heterocycles. The number of hydrogen-bond donors (Lipinski definition) is 0. The van der Waals surface area contributed by atoms with Crippen molar-refractivity contribution in [3.63, 3.8) is 0 Å². The molecule has 1 heterocycles. The summed E-state index contributed by atoms with van der Waals surface area (Å²) in [4.78, 5) is 0. The van der Waals surface area contributed by atoms with Crippen LogP contribution < -0.4 is 0 Å². The first-order valence-electron chi connectivity index (χ1n) is 6.15. The minimum atomic E-state index is -0.888. The molecular weight excluding hydrogens is 184 g/mol. The Kier molecular flexibility index (Phi) is 2.96. The smallest absolute Gasteiger partial charge is 0.0812 e. The highest BCUT2D eigenvalue weighted by Gasteiger charge is 2.41. The summed E-state index contributed by atoms with van der Waals surface area (Å²) in [6.07, 6.45) is 10.7. The van der Waals surface area contributed by atoms with Crippen LogP contribution in [0.25, 0.3) is 0 Å². The van der Waals surface area contributed by atoms with Crippen LogP contribution in [0.2, 0.25) is 18.1 Å². The lowest BCUT2D eigenvalue weighted by molar-refractivity contribution is 0.810. The zero-order valence-electron chi connectivity index (χ0n) is 9.60. The first kappa shape index (κ1) is 10.2. The molecule has 0 N–H and O–H groups in total. The lowest BCUT2D eigenvalue weighted by Gasteiger charge is -2.41. The van der Waals surface area contributed by atoms with Crippen LogP contribution >= 0.6 is 0 Å². The van der Waals surface area contributed by atoms with Gasteiger partial charge in [-0.3, -0.25) is 0 Å². The molecule has 2 aliphatic rings. The Labute approximate surface area is 89.1 Å². The molecule has 14 heavy (non-hydrogen) atoms. The fraction of sp³-hybridized carbons (Fsp3) is 0.692. The van der Waals surface area contributed by atoms with Crippen molar-refractivity contribution in [1.82, 2.24) is 0 Å². The van der Waals surface area contributed by atoms with Gasteiger partial charge < -0.3 is 0 Å². The fourth-order valence-electron chi connectivity index (χ4n) is 2.83. The molecule has 2 rings (SSSR count). The highest BCUT2D eigenvalue weighted by atomic mass is 28.3. The van der Waals surface area contributed by atoms with Gasteiger partial charge in [-0.05, 0) is 13.3 Å². The highest BCUT2D eigenvalue weighted by molar-refractivity contribution is 6.89. The second kappa shape index (κ2) is 4.06. The van der Waals surface area contributed by atoms with Crippen LogP contribution in [0.15, 0.2) is 22.9 Å². The third-order valence-electron chi connectivity index (χ3n) is 3.98. The van der Waals surface area contributed by atoms with E-state index in [4.69, 9.17) is 0 Å². The second-order valence-electron chi connectivity index (χ2n) is 5.09. The molecule has 0 spiro atoms. The fourth-order valence-corrected chi connectivity index (χ4v) is 7.52. The standard InChI is InChI=1S/C13H22Si/c1-3-4-8-14(9-5-10-14)13-7-6-12(2)11-13/h7,11H,3-6,8-10H2,1-2H3. The molecule has 1 fully saturated rings. The van der Waals surface area contributed by atoms with Crippen LogP contribution in [-0.2, 0) is 0 Å². The van der Waals surface area contributed by atoms with Gasteiger partial charge in [-0.25, -0.2) is 0 Å². The monoisotopic (exact) mass is 206 g/mol. The summed E-state index contributed by atoms with van der Waals surface area (Å²) < 4.78 is 0. The van der Waals surface area contributed by atoms with E-state index in [-0.39, 0.29) is 0 Å². The van der Waals surface area contributed by atoms with Crippen molar-refractivity contribution >= 4 is 8.07 Å². The molecule has 78 valence electrons. The van der Waals surface area contributed by atoms with E-state index in [2.05, 4.69) is 26.0 Å². The highest BCUT2D eigenvalue weighted by Crippen LogP contribution is 2.44. The molecule has 0 unspecified atom stereocenters. The maximum absolute atomic E-state index is 2.54. The van der Waals surface area contributed by atoms with E-state index in [0.717, 1.165) is 0 Å². The van der Waals surface area contributed by atoms with Gasteiger partial charge in [0, 0.05) is 0 Å². The molecule has 0 saturated carbocycles. The topological polar surface area (TPSA) is 0 Å². The van der Waals surface area contributed by atoms with Gasteiger partial charge in [0.05, 0.1) is 8.07 Å². The summed E-state index contributed by atoms with van der Waals surface area (Å²) in [7, 11) is -0.888. The first-order chi connectivity index (χ1) is 6.77. The summed E-state index contributed by atoms with van der Waals surface area (Å²) in [6, 6.07) is 4.74. The van der Waals surface area contributed by atoms with Gasteiger partial charge in [-0.15, -0.1) is 0 Å². The van der Waals surface area contributed by atoms with Crippen LogP contribution in [0.4, 0.5) is 0 Å². The van der Waals surface area contributed by atoms with Crippen LogP contribution in [0.3, 0.4) is 0 Å². The Hall–Kier alpha value is -0.303. The average Bonchev–Trinajstić information content (AvgIpc) is 2.51. The summed E-state index contributed by atoms with van der Waals surface area (Å²) >= 11 is 0. The van der Waals surface area contributed by atoms with E-state index in [0.29, 0.717) is 0 Å². The summed E-state index contributed by atoms with van der Waals surface area (Å²) in [5.74, 6) is 0. The maximum atomic E-state index is 2.54. The minimum absolute atomic E-state index is 0.888. The first-order valence-corrected chi connectivity index (χ1v) is 8.77. The van der Waals surface area contributed by atoms with Crippen molar-refractivity contribution in [2.45, 2.75) is 57.7 Å². The van der Waals surface area contributed by atoms with Crippen LogP contribution in [0.5, 0.6) is 0 Å². The molecule has 0 aromatic rings. The Morgan fingerprint density at radius 1 is 1.36 bits per heavy atom. The van der Waals surface area contributed by atoms with E-state index in [9.17, 15) is 0 Å². The van der Waals surface area contributed by atoms with Gasteiger partial charge in [0.25, 0.3) is 0 Å². The Morgan fingerprint density at radius 3 is 2.57 bits per heavy atom. The Bertz CT molecular complexity index is 269. The van der Waals surface area contributed by atoms with Crippen LogP contribution in [0, 0.1) is 0 Å². The van der Waals surface area contributed by atoms with Gasteiger partial charge in [0.1, 0.15) is 0 Å². The van der Waals surface area contributed by atoms with Crippen molar-refractivity contribution in [2.75, 3.05) is 0 Å². The quantitative estimate of drug-likeness (QED) is 0.596. The molecule has 0 nitrogen and oxygen atoms in total. The average molecular weight is 206 g/mol. The summed E-state index contributed by atoms with van der Waals surface area (Å²) in [5.41, 5.74) is 1.59. The van der Waals surface area contributed by atoms with E-state index < -0.39 is 8.07 Å². The van der Waals surface area contributed by atoms with Crippen molar-refractivity contribution in [2.24, 2.45) is 0 Å². The molecule has 0 bridgehead atoms. The number of allylic oxidation sites excluding steroid dienone is 4. The van der Waals surface area contributed by atoms with Crippen molar-refractivity contribution in [1.29, 1.82) is 0 Å². The molecule has 0 aromatic carbocycles. The van der Waals surface area contributed by atoms with Gasteiger partial charge >= 0.3 is 0 Å². The lowest BCUT2D eigenvalue weighted by Crippen LogP contribution is -2.43. The molecule has 0 aromatic heterocycles. The predicted molar refractivity (Wildman–Crippen MR) is 66.2 cm³/mol. The summed E-state index contributed by atoms with van der Waals surface area (Å²) in [5, 5.41) is 1.81. The van der Waals surface area contributed by atoms with E-state index in [1.165, 1.54) is 25.7 Å². The van der Waals surface area contributed by atoms with Crippen molar-refractivity contribution in [3.8, 4) is 0 Å². The molecule has 0 amide bonds. The number of rotatable bonds is 4. The molecule has 0 radical (unpaired) electrons. The minimum Gasteiger partial charge on any atom is -0.0812 e. The zero-order chi connectivity index (χ0) is 10.0. The summed E-state index contributed by atoms with van der Waals surface area (Å²) in [6.45, 7) is 4.61. The lowest BCUT2D eigenvalue weighted by atomic mass is 10.3. The maximum Gasteiger partial charge on any atom is 0.0862 e. The second-order valence-corrected chi connectivity index (χ2v) is 9.73. The molecule has 1 heteroatoms. The molecule has 0 atom stereocenters. The van der Waals surface area contributed by atoms with Crippen molar-refractivity contribution < 1.29 is 0 Å². The van der Waals surface area contributed by atoms with Crippen molar-refractivity contribution in [3.05, 3.63) is 22.9 Å². The van der Waals surface area contributed by atoms with Crippen LogP contribution in [-0.4, -0.2) is 8.07 Å². The van der Waals surface area contributed by atoms with Gasteiger partial charge in [-0.2, -0.15) is 0 Å². The Morgan fingerprint density at radius 2 is 2.14 bits per heavy atom. The predicted octanol–water partition coefficient (Wildman–Crippen LogP) is 4.45. The molecule has 1 saturated heterocycles. The SMILES string of the molecule is CCCC[Si]1(C2=CCC(C)=C2)CCC1. The molecular formula is C13H22Si. The third-order valence-corrected chi connectivity index (χ3v) is 9.48. The van der Waals surface area contributed by atoms with E-state index in [1.54, 1.807) is 23.7 Å². The zero-order valence-corrected chi connectivity index (χ0v) is 10.6.